The number of hydrogen-bond donors (Lipinski definition) is 1. The third-order valence-corrected chi connectivity index (χ3v) is 3.28. The van der Waals surface area contributed by atoms with Crippen LogP contribution in [0.15, 0.2) is 24.3 Å². The zero-order valence-electron chi connectivity index (χ0n) is 9.79. The Labute approximate surface area is 92.9 Å². The molecule has 2 unspecified atom stereocenters. The molecule has 0 aliphatic heterocycles. The third kappa shape index (κ3) is 2.40. The number of rotatable bonds is 3. The van der Waals surface area contributed by atoms with E-state index in [1.54, 1.807) is 5.56 Å². The van der Waals surface area contributed by atoms with Gasteiger partial charge in [0.1, 0.15) is 0 Å². The van der Waals surface area contributed by atoms with Crippen molar-refractivity contribution in [1.29, 1.82) is 0 Å². The minimum atomic E-state index is 0.588. The van der Waals surface area contributed by atoms with Crippen molar-refractivity contribution in [3.63, 3.8) is 0 Å². The van der Waals surface area contributed by atoms with E-state index in [1.165, 1.54) is 24.8 Å². The Bertz CT molecular complexity index is 319. The van der Waals surface area contributed by atoms with Gasteiger partial charge in [-0.2, -0.15) is 0 Å². The van der Waals surface area contributed by atoms with Gasteiger partial charge in [0.15, 0.2) is 0 Å². The molecule has 82 valence electrons. The second kappa shape index (κ2) is 4.80. The van der Waals surface area contributed by atoms with E-state index in [-0.39, 0.29) is 0 Å². The quantitative estimate of drug-likeness (QED) is 0.794. The van der Waals surface area contributed by atoms with Gasteiger partial charge in [-0.1, -0.05) is 38.1 Å². The average Bonchev–Trinajstić information content (AvgIpc) is 2.25. The van der Waals surface area contributed by atoms with E-state index in [0.717, 1.165) is 12.5 Å². The summed E-state index contributed by atoms with van der Waals surface area (Å²) in [6.45, 7) is 5.72. The Morgan fingerprint density at radius 3 is 2.93 bits per heavy atom. The molecular formula is C14H21N. The lowest BCUT2D eigenvalue weighted by Gasteiger charge is -2.30. The van der Waals surface area contributed by atoms with Crippen molar-refractivity contribution in [3.8, 4) is 0 Å². The van der Waals surface area contributed by atoms with E-state index in [1.807, 2.05) is 0 Å². The van der Waals surface area contributed by atoms with Gasteiger partial charge in [-0.05, 0) is 42.9 Å². The summed E-state index contributed by atoms with van der Waals surface area (Å²) in [5.74, 6) is 0.814. The fourth-order valence-electron chi connectivity index (χ4n) is 2.56. The molecule has 0 radical (unpaired) electrons. The molecule has 1 aliphatic carbocycles. The average molecular weight is 203 g/mol. The molecule has 1 heteroatoms. The van der Waals surface area contributed by atoms with Crippen LogP contribution in [-0.4, -0.2) is 6.54 Å². The Morgan fingerprint density at radius 1 is 1.33 bits per heavy atom. The number of benzene rings is 1. The summed E-state index contributed by atoms with van der Waals surface area (Å²) in [5.41, 5.74) is 3.08. The predicted molar refractivity (Wildman–Crippen MR) is 65.0 cm³/mol. The highest BCUT2D eigenvalue weighted by Crippen LogP contribution is 2.32. The van der Waals surface area contributed by atoms with Crippen LogP contribution in [-0.2, 0) is 6.42 Å². The van der Waals surface area contributed by atoms with Crippen LogP contribution < -0.4 is 5.32 Å². The molecule has 1 aromatic carbocycles. The minimum Gasteiger partial charge on any atom is -0.310 e. The molecule has 0 saturated heterocycles. The standard InChI is InChI=1S/C14H21N/c1-3-8-15-14-10-11(2)9-12-6-4-5-7-13(12)14/h4-7,11,14-15H,3,8-10H2,1-2H3. The van der Waals surface area contributed by atoms with Gasteiger partial charge < -0.3 is 5.32 Å². The minimum absolute atomic E-state index is 0.588. The number of nitrogens with one attached hydrogen (secondary N) is 1. The summed E-state index contributed by atoms with van der Waals surface area (Å²) in [6.07, 6.45) is 3.75. The molecule has 0 saturated carbocycles. The molecule has 1 nitrogen and oxygen atoms in total. The molecule has 1 aromatic rings. The van der Waals surface area contributed by atoms with Crippen molar-refractivity contribution < 1.29 is 0 Å². The highest BCUT2D eigenvalue weighted by atomic mass is 14.9. The van der Waals surface area contributed by atoms with Gasteiger partial charge in [0.05, 0.1) is 0 Å². The highest BCUT2D eigenvalue weighted by Gasteiger charge is 2.23. The first-order chi connectivity index (χ1) is 7.31. The Balaban J connectivity index is 2.18. The maximum atomic E-state index is 3.66. The van der Waals surface area contributed by atoms with Gasteiger partial charge in [-0.25, -0.2) is 0 Å². The summed E-state index contributed by atoms with van der Waals surface area (Å²) >= 11 is 0. The predicted octanol–water partition coefficient (Wildman–Crippen LogP) is 3.31. The van der Waals surface area contributed by atoms with Crippen LogP contribution in [0.1, 0.15) is 43.9 Å². The van der Waals surface area contributed by atoms with E-state index >= 15 is 0 Å². The lowest BCUT2D eigenvalue weighted by atomic mass is 9.81. The van der Waals surface area contributed by atoms with Gasteiger partial charge in [0.2, 0.25) is 0 Å². The molecule has 0 fully saturated rings. The molecule has 1 aliphatic rings. The zero-order chi connectivity index (χ0) is 10.7. The van der Waals surface area contributed by atoms with Crippen molar-refractivity contribution in [3.05, 3.63) is 35.4 Å². The first-order valence-electron chi connectivity index (χ1n) is 6.12. The number of fused-ring (bicyclic) bond motifs is 1. The maximum Gasteiger partial charge on any atom is 0.0325 e. The van der Waals surface area contributed by atoms with Crippen molar-refractivity contribution in [2.45, 2.75) is 39.2 Å². The molecule has 15 heavy (non-hydrogen) atoms. The smallest absolute Gasteiger partial charge is 0.0325 e. The Morgan fingerprint density at radius 2 is 2.13 bits per heavy atom. The summed E-state index contributed by atoms with van der Waals surface area (Å²) in [4.78, 5) is 0. The van der Waals surface area contributed by atoms with E-state index in [4.69, 9.17) is 0 Å². The van der Waals surface area contributed by atoms with Crippen molar-refractivity contribution in [1.82, 2.24) is 5.32 Å². The molecule has 2 rings (SSSR count). The monoisotopic (exact) mass is 203 g/mol. The lowest BCUT2D eigenvalue weighted by molar-refractivity contribution is 0.381. The maximum absolute atomic E-state index is 3.66. The topological polar surface area (TPSA) is 12.0 Å². The van der Waals surface area contributed by atoms with Crippen molar-refractivity contribution in [2.75, 3.05) is 6.54 Å². The van der Waals surface area contributed by atoms with Crippen LogP contribution in [0.2, 0.25) is 0 Å². The van der Waals surface area contributed by atoms with Crippen LogP contribution in [0.25, 0.3) is 0 Å². The van der Waals surface area contributed by atoms with Gasteiger partial charge in [-0.15, -0.1) is 0 Å². The van der Waals surface area contributed by atoms with Crippen molar-refractivity contribution >= 4 is 0 Å². The Kier molecular flexibility index (Phi) is 3.42. The second-order valence-corrected chi connectivity index (χ2v) is 4.75. The second-order valence-electron chi connectivity index (χ2n) is 4.75. The molecule has 2 atom stereocenters. The molecule has 0 heterocycles. The van der Waals surface area contributed by atoms with Gasteiger partial charge >= 0.3 is 0 Å². The van der Waals surface area contributed by atoms with Crippen LogP contribution in [0.5, 0.6) is 0 Å². The first kappa shape index (κ1) is 10.7. The summed E-state index contributed by atoms with van der Waals surface area (Å²) in [6, 6.07) is 9.48. The van der Waals surface area contributed by atoms with E-state index in [0.29, 0.717) is 6.04 Å². The molecule has 0 bridgehead atoms. The van der Waals surface area contributed by atoms with Crippen LogP contribution >= 0.6 is 0 Å². The van der Waals surface area contributed by atoms with Gasteiger partial charge in [0.25, 0.3) is 0 Å². The molecular weight excluding hydrogens is 182 g/mol. The fraction of sp³-hybridized carbons (Fsp3) is 0.571. The lowest BCUT2D eigenvalue weighted by Crippen LogP contribution is -2.28. The van der Waals surface area contributed by atoms with Gasteiger partial charge in [0, 0.05) is 6.04 Å². The molecule has 0 spiro atoms. The fourth-order valence-corrected chi connectivity index (χ4v) is 2.56. The highest BCUT2D eigenvalue weighted by molar-refractivity contribution is 5.32. The van der Waals surface area contributed by atoms with E-state index in [2.05, 4.69) is 43.4 Å². The van der Waals surface area contributed by atoms with Crippen LogP contribution in [0.3, 0.4) is 0 Å². The molecule has 0 aromatic heterocycles. The van der Waals surface area contributed by atoms with Gasteiger partial charge in [-0.3, -0.25) is 0 Å². The normalized spacial score (nSPS) is 24.9. The number of hydrogen-bond acceptors (Lipinski definition) is 1. The largest absolute Gasteiger partial charge is 0.310 e. The Hall–Kier alpha value is -0.820. The zero-order valence-corrected chi connectivity index (χ0v) is 9.79. The summed E-state index contributed by atoms with van der Waals surface area (Å²) < 4.78 is 0. The van der Waals surface area contributed by atoms with E-state index < -0.39 is 0 Å². The summed E-state index contributed by atoms with van der Waals surface area (Å²) in [7, 11) is 0. The first-order valence-corrected chi connectivity index (χ1v) is 6.12. The summed E-state index contributed by atoms with van der Waals surface area (Å²) in [5, 5.41) is 3.66. The molecule has 1 N–H and O–H groups in total. The van der Waals surface area contributed by atoms with Crippen LogP contribution in [0.4, 0.5) is 0 Å². The van der Waals surface area contributed by atoms with Crippen LogP contribution in [0, 0.1) is 5.92 Å². The SMILES string of the molecule is CCCNC1CC(C)Cc2ccccc21. The van der Waals surface area contributed by atoms with Crippen molar-refractivity contribution in [2.24, 2.45) is 5.92 Å². The molecule has 0 amide bonds. The van der Waals surface area contributed by atoms with E-state index in [9.17, 15) is 0 Å². The third-order valence-electron chi connectivity index (χ3n) is 3.28.